The fourth-order valence-electron chi connectivity index (χ4n) is 3.33. The van der Waals surface area contributed by atoms with E-state index in [1.54, 1.807) is 14.0 Å². The summed E-state index contributed by atoms with van der Waals surface area (Å²) < 4.78 is 5.44. The Labute approximate surface area is 182 Å². The quantitative estimate of drug-likeness (QED) is 0.417. The Morgan fingerprint density at radius 1 is 1.42 bits per heavy atom. The van der Waals surface area contributed by atoms with Crippen molar-refractivity contribution < 1.29 is 24.5 Å². The predicted molar refractivity (Wildman–Crippen MR) is 119 cm³/mol. The van der Waals surface area contributed by atoms with Crippen molar-refractivity contribution in [2.75, 3.05) is 13.7 Å². The molecule has 0 radical (unpaired) electrons. The van der Waals surface area contributed by atoms with Crippen LogP contribution in [0.3, 0.4) is 0 Å². The number of allylic oxidation sites excluding steroid dienone is 1. The van der Waals surface area contributed by atoms with Crippen LogP contribution in [0.2, 0.25) is 0 Å². The Kier molecular flexibility index (Phi) is 6.61. The first kappa shape index (κ1) is 21.9. The maximum atomic E-state index is 12.5. The number of nitrogens with one attached hydrogen (secondary N) is 2. The normalized spacial score (nSPS) is 16.9. The number of hydrogen-bond donors (Lipinski definition) is 5. The predicted octanol–water partition coefficient (Wildman–Crippen LogP) is 2.86. The lowest BCUT2D eigenvalue weighted by Crippen LogP contribution is -2.44. The highest BCUT2D eigenvalue weighted by molar-refractivity contribution is 7.08. The van der Waals surface area contributed by atoms with Crippen LogP contribution in [-0.2, 0) is 0 Å². The number of amides is 2. The number of nitrogens with two attached hydrogens (primary N) is 1. The number of carboxylic acids is 1. The molecule has 0 unspecified atom stereocenters. The van der Waals surface area contributed by atoms with Gasteiger partial charge in [0.25, 0.3) is 0 Å². The molecule has 1 aromatic heterocycles. The van der Waals surface area contributed by atoms with Crippen LogP contribution in [0.1, 0.15) is 34.5 Å². The van der Waals surface area contributed by atoms with Crippen molar-refractivity contribution in [2.24, 2.45) is 10.7 Å². The SMILES string of the molecule is CCOc1cc([C@H]2NC(=O)NC(C(C=NC)=CN)=C2c2ccsc2)cc(C(=O)O)c1O. The zero-order chi connectivity index (χ0) is 22.5. The molecule has 1 aliphatic heterocycles. The summed E-state index contributed by atoms with van der Waals surface area (Å²) in [5.41, 5.74) is 8.31. The Hall–Kier alpha value is -3.79. The third-order valence-corrected chi connectivity index (χ3v) is 5.28. The van der Waals surface area contributed by atoms with Gasteiger partial charge in [0.05, 0.1) is 18.3 Å². The third-order valence-electron chi connectivity index (χ3n) is 4.60. The van der Waals surface area contributed by atoms with Gasteiger partial charge in [0, 0.05) is 30.6 Å². The monoisotopic (exact) mass is 442 g/mol. The molecule has 0 saturated heterocycles. The van der Waals surface area contributed by atoms with E-state index in [0.717, 1.165) is 5.56 Å². The van der Waals surface area contributed by atoms with Crippen molar-refractivity contribution in [3.8, 4) is 11.5 Å². The van der Waals surface area contributed by atoms with Crippen LogP contribution in [0, 0.1) is 0 Å². The summed E-state index contributed by atoms with van der Waals surface area (Å²) in [5.74, 6) is -1.77. The topological polar surface area (TPSA) is 146 Å². The van der Waals surface area contributed by atoms with Gasteiger partial charge in [0.1, 0.15) is 5.56 Å². The first-order chi connectivity index (χ1) is 14.9. The van der Waals surface area contributed by atoms with E-state index in [2.05, 4.69) is 15.6 Å². The molecule has 0 fully saturated rings. The van der Waals surface area contributed by atoms with Gasteiger partial charge >= 0.3 is 12.0 Å². The molecule has 1 atom stereocenters. The molecule has 1 aliphatic rings. The summed E-state index contributed by atoms with van der Waals surface area (Å²) >= 11 is 1.47. The van der Waals surface area contributed by atoms with Crippen molar-refractivity contribution in [1.82, 2.24) is 10.6 Å². The number of phenols is 1. The molecule has 2 aromatic rings. The van der Waals surface area contributed by atoms with E-state index in [1.165, 1.54) is 35.9 Å². The largest absolute Gasteiger partial charge is 0.504 e. The highest BCUT2D eigenvalue weighted by Crippen LogP contribution is 2.41. The molecule has 0 spiro atoms. The van der Waals surface area contributed by atoms with Crippen LogP contribution in [0.5, 0.6) is 11.5 Å². The number of nitrogens with zero attached hydrogens (tertiary/aromatic N) is 1. The second-order valence-corrected chi connectivity index (χ2v) is 7.27. The van der Waals surface area contributed by atoms with E-state index in [4.69, 9.17) is 10.5 Å². The molecular weight excluding hydrogens is 420 g/mol. The summed E-state index contributed by atoms with van der Waals surface area (Å²) in [7, 11) is 1.59. The fraction of sp³-hybridized carbons (Fsp3) is 0.190. The summed E-state index contributed by atoms with van der Waals surface area (Å²) in [6.07, 6.45) is 2.86. The van der Waals surface area contributed by atoms with Gasteiger partial charge in [-0.15, -0.1) is 0 Å². The number of carbonyl (C=O) groups is 2. The Balaban J connectivity index is 2.30. The van der Waals surface area contributed by atoms with Gasteiger partial charge < -0.3 is 31.3 Å². The first-order valence-corrected chi connectivity index (χ1v) is 10.3. The molecular formula is C21H22N4O5S. The van der Waals surface area contributed by atoms with Crippen molar-refractivity contribution in [2.45, 2.75) is 13.0 Å². The number of aliphatic imine (C=N–C) groups is 1. The number of aromatic carboxylic acids is 1. The molecule has 0 aliphatic carbocycles. The Morgan fingerprint density at radius 3 is 2.77 bits per heavy atom. The van der Waals surface area contributed by atoms with Crippen molar-refractivity contribution >= 4 is 35.1 Å². The van der Waals surface area contributed by atoms with Gasteiger partial charge in [-0.05, 0) is 47.0 Å². The molecule has 31 heavy (non-hydrogen) atoms. The lowest BCUT2D eigenvalue weighted by molar-refractivity contribution is 0.0692. The molecule has 162 valence electrons. The van der Waals surface area contributed by atoms with Crippen molar-refractivity contribution in [3.05, 3.63) is 63.1 Å². The lowest BCUT2D eigenvalue weighted by atomic mass is 9.88. The molecule has 10 heteroatoms. The van der Waals surface area contributed by atoms with Crippen LogP contribution in [0.15, 0.2) is 51.4 Å². The molecule has 2 heterocycles. The average molecular weight is 442 g/mol. The van der Waals surface area contributed by atoms with Crippen LogP contribution < -0.4 is 21.1 Å². The van der Waals surface area contributed by atoms with Crippen LogP contribution >= 0.6 is 11.3 Å². The second kappa shape index (κ2) is 9.35. The summed E-state index contributed by atoms with van der Waals surface area (Å²) in [4.78, 5) is 28.3. The van der Waals surface area contributed by atoms with Crippen LogP contribution in [-0.4, -0.2) is 42.1 Å². The molecule has 3 rings (SSSR count). The lowest BCUT2D eigenvalue weighted by Gasteiger charge is -2.31. The number of hydrogen-bond acceptors (Lipinski definition) is 7. The van der Waals surface area contributed by atoms with Crippen LogP contribution in [0.25, 0.3) is 5.57 Å². The van der Waals surface area contributed by atoms with E-state index in [0.29, 0.717) is 22.4 Å². The minimum Gasteiger partial charge on any atom is -0.504 e. The summed E-state index contributed by atoms with van der Waals surface area (Å²) in [6.45, 7) is 1.94. The standard InChI is InChI=1S/C21H22N4O5S/c1-3-30-15-7-12(6-14(19(15)26)20(27)28)17-16(11-4-5-31-10-11)18(25-21(29)24-17)13(8-22)9-23-2/h4-10,17,26H,3,22H2,1-2H3,(H,27,28)(H2,24,25,29)/t17-/m1/s1. The van der Waals surface area contributed by atoms with Gasteiger partial charge in [-0.25, -0.2) is 9.59 Å². The fourth-order valence-corrected chi connectivity index (χ4v) is 3.98. The van der Waals surface area contributed by atoms with Crippen LogP contribution in [0.4, 0.5) is 4.79 Å². The molecule has 6 N–H and O–H groups in total. The maximum Gasteiger partial charge on any atom is 0.339 e. The highest BCUT2D eigenvalue weighted by Gasteiger charge is 2.32. The number of carbonyl (C=O) groups excluding carboxylic acids is 1. The van der Waals surface area contributed by atoms with E-state index in [9.17, 15) is 19.8 Å². The maximum absolute atomic E-state index is 12.5. The number of ether oxygens (including phenoxy) is 1. The first-order valence-electron chi connectivity index (χ1n) is 9.32. The second-order valence-electron chi connectivity index (χ2n) is 6.49. The van der Waals surface area contributed by atoms with E-state index in [1.807, 2.05) is 16.8 Å². The minimum atomic E-state index is -1.32. The van der Waals surface area contributed by atoms with Crippen molar-refractivity contribution in [1.29, 1.82) is 0 Å². The van der Waals surface area contributed by atoms with Gasteiger partial charge in [0.15, 0.2) is 11.5 Å². The third kappa shape index (κ3) is 4.38. The van der Waals surface area contributed by atoms with Gasteiger partial charge in [-0.3, -0.25) is 4.99 Å². The molecule has 1 aromatic carbocycles. The zero-order valence-corrected chi connectivity index (χ0v) is 17.7. The van der Waals surface area contributed by atoms with Gasteiger partial charge in [-0.1, -0.05) is 0 Å². The number of urea groups is 1. The number of rotatable bonds is 7. The van der Waals surface area contributed by atoms with Crippen molar-refractivity contribution in [3.63, 3.8) is 0 Å². The zero-order valence-electron chi connectivity index (χ0n) is 16.9. The number of aromatic hydroxyl groups is 1. The van der Waals surface area contributed by atoms with Gasteiger partial charge in [0.2, 0.25) is 0 Å². The smallest absolute Gasteiger partial charge is 0.339 e. The van der Waals surface area contributed by atoms with E-state index in [-0.39, 0.29) is 17.9 Å². The Morgan fingerprint density at radius 2 is 2.19 bits per heavy atom. The van der Waals surface area contributed by atoms with E-state index >= 15 is 0 Å². The van der Waals surface area contributed by atoms with E-state index < -0.39 is 23.8 Å². The molecule has 0 saturated carbocycles. The summed E-state index contributed by atoms with van der Waals surface area (Å²) in [5, 5.41) is 29.3. The highest BCUT2D eigenvalue weighted by atomic mass is 32.1. The number of thiophene rings is 1. The molecule has 0 bridgehead atoms. The number of benzene rings is 1. The molecule has 2 amide bonds. The Bertz CT molecular complexity index is 1090. The van der Waals surface area contributed by atoms with Gasteiger partial charge in [-0.2, -0.15) is 11.3 Å². The molecule has 9 nitrogen and oxygen atoms in total. The summed E-state index contributed by atoms with van der Waals surface area (Å²) in [6, 6.07) is 3.48. The number of carboxylic acid groups (broad SMARTS) is 1. The minimum absolute atomic E-state index is 0.0149. The average Bonchev–Trinajstić information content (AvgIpc) is 3.27.